The average molecular weight is 143 g/mol. The van der Waals surface area contributed by atoms with Crippen LogP contribution >= 0.6 is 0 Å². The van der Waals surface area contributed by atoms with E-state index in [-0.39, 0.29) is 5.88 Å². The maximum atomic E-state index is 9.01. The Hall–Kier alpha value is -0.660. The highest BCUT2D eigenvalue weighted by atomic mass is 16.3. The van der Waals surface area contributed by atoms with Crippen LogP contribution in [0.3, 0.4) is 0 Å². The van der Waals surface area contributed by atoms with E-state index in [9.17, 15) is 0 Å². The Morgan fingerprint density at radius 2 is 1.70 bits per heavy atom. The van der Waals surface area contributed by atoms with Gasteiger partial charge in [-0.05, 0) is 19.4 Å². The number of nitrogens with zero attached hydrogens (tertiary/aromatic N) is 1. The fourth-order valence-electron chi connectivity index (χ4n) is 0.910. The fraction of sp³-hybridized carbons (Fsp3) is 0.750. The second kappa shape index (κ2) is 5.15. The summed E-state index contributed by atoms with van der Waals surface area (Å²) in [6.45, 7) is 9.46. The molecule has 0 aliphatic carbocycles. The van der Waals surface area contributed by atoms with Crippen molar-refractivity contribution in [3.05, 3.63) is 12.5 Å². The zero-order valence-corrected chi connectivity index (χ0v) is 6.93. The molecule has 0 unspecified atom stereocenters. The van der Waals surface area contributed by atoms with E-state index >= 15 is 0 Å². The minimum Gasteiger partial charge on any atom is -0.495 e. The van der Waals surface area contributed by atoms with E-state index in [2.05, 4.69) is 20.4 Å². The first-order chi connectivity index (χ1) is 4.72. The van der Waals surface area contributed by atoms with Gasteiger partial charge in [-0.25, -0.2) is 0 Å². The summed E-state index contributed by atoms with van der Waals surface area (Å²) in [6, 6.07) is 0. The van der Waals surface area contributed by atoms with Crippen molar-refractivity contribution in [2.75, 3.05) is 13.1 Å². The number of rotatable bonds is 5. The predicted molar refractivity (Wildman–Crippen MR) is 43.9 cm³/mol. The van der Waals surface area contributed by atoms with Crippen LogP contribution in [0.25, 0.3) is 0 Å². The average Bonchev–Trinajstić information content (AvgIpc) is 1.87. The van der Waals surface area contributed by atoms with E-state index in [1.807, 2.05) is 4.90 Å². The van der Waals surface area contributed by atoms with Gasteiger partial charge in [-0.15, -0.1) is 0 Å². The van der Waals surface area contributed by atoms with Crippen molar-refractivity contribution < 1.29 is 5.11 Å². The van der Waals surface area contributed by atoms with Gasteiger partial charge in [-0.1, -0.05) is 13.8 Å². The fourth-order valence-corrected chi connectivity index (χ4v) is 0.910. The number of hydrogen-bond acceptors (Lipinski definition) is 2. The van der Waals surface area contributed by atoms with Crippen molar-refractivity contribution in [3.8, 4) is 0 Å². The lowest BCUT2D eigenvalue weighted by Gasteiger charge is -2.20. The van der Waals surface area contributed by atoms with Crippen LogP contribution in [0.2, 0.25) is 0 Å². The Balaban J connectivity index is 3.61. The molecular formula is C8H17NO. The summed E-state index contributed by atoms with van der Waals surface area (Å²) in [5, 5.41) is 9.01. The van der Waals surface area contributed by atoms with E-state index in [1.54, 1.807) is 0 Å². The highest BCUT2D eigenvalue weighted by Gasteiger charge is 2.01. The zero-order chi connectivity index (χ0) is 7.98. The first kappa shape index (κ1) is 9.34. The standard InChI is InChI=1S/C8H17NO/c1-4-6-9(7-5-2)8(3)10/h10H,3-7H2,1-2H3. The van der Waals surface area contributed by atoms with Gasteiger partial charge in [0.1, 0.15) is 0 Å². The molecule has 0 saturated heterocycles. The van der Waals surface area contributed by atoms with Crippen LogP contribution in [0.15, 0.2) is 12.5 Å². The van der Waals surface area contributed by atoms with Crippen LogP contribution in [0.4, 0.5) is 0 Å². The van der Waals surface area contributed by atoms with Crippen molar-refractivity contribution in [1.29, 1.82) is 0 Å². The number of hydrogen-bond donors (Lipinski definition) is 1. The van der Waals surface area contributed by atoms with Crippen molar-refractivity contribution in [2.45, 2.75) is 26.7 Å². The van der Waals surface area contributed by atoms with Gasteiger partial charge < -0.3 is 10.0 Å². The first-order valence-corrected chi connectivity index (χ1v) is 3.85. The molecule has 0 aromatic heterocycles. The molecule has 0 aliphatic heterocycles. The minimum atomic E-state index is 0.198. The Labute approximate surface area is 63.2 Å². The summed E-state index contributed by atoms with van der Waals surface area (Å²) in [4.78, 5) is 1.89. The van der Waals surface area contributed by atoms with Crippen LogP contribution in [0.1, 0.15) is 26.7 Å². The van der Waals surface area contributed by atoms with Crippen LogP contribution in [-0.4, -0.2) is 23.1 Å². The van der Waals surface area contributed by atoms with E-state index in [4.69, 9.17) is 5.11 Å². The molecule has 0 aromatic carbocycles. The largest absolute Gasteiger partial charge is 0.495 e. The molecule has 2 nitrogen and oxygen atoms in total. The van der Waals surface area contributed by atoms with Crippen LogP contribution in [0, 0.1) is 0 Å². The number of aliphatic hydroxyl groups excluding tert-OH is 1. The van der Waals surface area contributed by atoms with E-state index in [1.165, 1.54) is 0 Å². The lowest BCUT2D eigenvalue weighted by Crippen LogP contribution is -2.23. The molecule has 0 saturated carbocycles. The molecular weight excluding hydrogens is 126 g/mol. The molecule has 0 radical (unpaired) electrons. The van der Waals surface area contributed by atoms with Gasteiger partial charge in [0.05, 0.1) is 0 Å². The van der Waals surface area contributed by atoms with E-state index in [0.29, 0.717) is 0 Å². The lowest BCUT2D eigenvalue weighted by molar-refractivity contribution is 0.203. The molecule has 0 heterocycles. The Morgan fingerprint density at radius 1 is 1.30 bits per heavy atom. The topological polar surface area (TPSA) is 23.5 Å². The molecule has 0 rings (SSSR count). The first-order valence-electron chi connectivity index (χ1n) is 3.85. The normalized spacial score (nSPS) is 9.40. The van der Waals surface area contributed by atoms with Gasteiger partial charge >= 0.3 is 0 Å². The Morgan fingerprint density at radius 3 is 1.90 bits per heavy atom. The molecule has 0 amide bonds. The summed E-state index contributed by atoms with van der Waals surface area (Å²) >= 11 is 0. The molecule has 0 fully saturated rings. The second-order valence-electron chi connectivity index (χ2n) is 2.40. The van der Waals surface area contributed by atoms with Gasteiger partial charge in [-0.3, -0.25) is 0 Å². The van der Waals surface area contributed by atoms with E-state index in [0.717, 1.165) is 25.9 Å². The van der Waals surface area contributed by atoms with Crippen LogP contribution in [0.5, 0.6) is 0 Å². The molecule has 10 heavy (non-hydrogen) atoms. The van der Waals surface area contributed by atoms with Gasteiger partial charge in [0.2, 0.25) is 0 Å². The predicted octanol–water partition coefficient (Wildman–Crippen LogP) is 2.14. The zero-order valence-electron chi connectivity index (χ0n) is 6.93. The highest BCUT2D eigenvalue weighted by Crippen LogP contribution is 1.99. The summed E-state index contributed by atoms with van der Waals surface area (Å²) in [7, 11) is 0. The monoisotopic (exact) mass is 143 g/mol. The minimum absolute atomic E-state index is 0.198. The quantitative estimate of drug-likeness (QED) is 0.596. The van der Waals surface area contributed by atoms with Crippen molar-refractivity contribution in [1.82, 2.24) is 4.90 Å². The Kier molecular flexibility index (Phi) is 4.81. The maximum absolute atomic E-state index is 9.01. The highest BCUT2D eigenvalue weighted by molar-refractivity contribution is 4.79. The molecule has 2 heteroatoms. The molecule has 0 aromatic rings. The van der Waals surface area contributed by atoms with Gasteiger partial charge in [0.15, 0.2) is 5.88 Å². The Bertz CT molecular complexity index is 95.4. The lowest BCUT2D eigenvalue weighted by atomic mass is 10.4. The molecule has 0 atom stereocenters. The maximum Gasteiger partial charge on any atom is 0.179 e. The van der Waals surface area contributed by atoms with Crippen molar-refractivity contribution in [2.24, 2.45) is 0 Å². The third-order valence-corrected chi connectivity index (χ3v) is 1.35. The summed E-state index contributed by atoms with van der Waals surface area (Å²) < 4.78 is 0. The molecule has 0 aliphatic rings. The summed E-state index contributed by atoms with van der Waals surface area (Å²) in [6.07, 6.45) is 2.11. The third-order valence-electron chi connectivity index (χ3n) is 1.35. The van der Waals surface area contributed by atoms with Crippen LogP contribution < -0.4 is 0 Å². The molecule has 0 spiro atoms. The van der Waals surface area contributed by atoms with Crippen molar-refractivity contribution >= 4 is 0 Å². The van der Waals surface area contributed by atoms with E-state index < -0.39 is 0 Å². The SMILES string of the molecule is C=C(O)N(CCC)CCC. The smallest absolute Gasteiger partial charge is 0.179 e. The number of aliphatic hydroxyl groups is 1. The summed E-state index contributed by atoms with van der Waals surface area (Å²) in [5.41, 5.74) is 0. The van der Waals surface area contributed by atoms with Crippen LogP contribution in [-0.2, 0) is 0 Å². The molecule has 0 bridgehead atoms. The summed E-state index contributed by atoms with van der Waals surface area (Å²) in [5.74, 6) is 0.198. The molecule has 1 N–H and O–H groups in total. The molecule has 60 valence electrons. The van der Waals surface area contributed by atoms with Crippen molar-refractivity contribution in [3.63, 3.8) is 0 Å². The second-order valence-corrected chi connectivity index (χ2v) is 2.40. The van der Waals surface area contributed by atoms with Gasteiger partial charge in [0.25, 0.3) is 0 Å². The van der Waals surface area contributed by atoms with Gasteiger partial charge in [-0.2, -0.15) is 0 Å². The third kappa shape index (κ3) is 3.38. The van der Waals surface area contributed by atoms with Gasteiger partial charge in [0, 0.05) is 13.1 Å².